The molecule has 1 aliphatic heterocycles. The van der Waals surface area contributed by atoms with Crippen LogP contribution in [0.4, 0.5) is 0 Å². The van der Waals surface area contributed by atoms with E-state index >= 15 is 0 Å². The molecule has 8 heteroatoms. The van der Waals surface area contributed by atoms with Crippen molar-refractivity contribution in [2.24, 2.45) is 11.8 Å². The quantitative estimate of drug-likeness (QED) is 0.732. The summed E-state index contributed by atoms with van der Waals surface area (Å²) in [7, 11) is 0. The number of para-hydroxylation sites is 1. The van der Waals surface area contributed by atoms with Crippen LogP contribution < -0.4 is 0 Å². The van der Waals surface area contributed by atoms with Gasteiger partial charge in [-0.15, -0.1) is 16.4 Å². The molecule has 0 radical (unpaired) electrons. The van der Waals surface area contributed by atoms with E-state index in [9.17, 15) is 14.7 Å². The Morgan fingerprint density at radius 2 is 1.96 bits per heavy atom. The Bertz CT molecular complexity index is 984. The van der Waals surface area contributed by atoms with Crippen LogP contribution in [0.5, 0.6) is 0 Å². The fraction of sp³-hybridized carbons (Fsp3) is 0.300. The van der Waals surface area contributed by atoms with Crippen LogP contribution in [-0.4, -0.2) is 49.7 Å². The SMILES string of the molecule is CC1CN(C(=O)c2nc(-c3cccs3)n(-c3ccccc3)n2)CCC1C(=O)O. The highest BCUT2D eigenvalue weighted by molar-refractivity contribution is 7.13. The predicted molar refractivity (Wildman–Crippen MR) is 105 cm³/mol. The van der Waals surface area contributed by atoms with Gasteiger partial charge in [-0.1, -0.05) is 31.2 Å². The van der Waals surface area contributed by atoms with Crippen LogP contribution in [0.15, 0.2) is 47.8 Å². The van der Waals surface area contributed by atoms with E-state index in [1.807, 2.05) is 54.8 Å². The van der Waals surface area contributed by atoms with Gasteiger partial charge >= 0.3 is 5.97 Å². The number of hydrogen-bond donors (Lipinski definition) is 1. The van der Waals surface area contributed by atoms with Crippen molar-refractivity contribution >= 4 is 23.2 Å². The number of piperidine rings is 1. The highest BCUT2D eigenvalue weighted by atomic mass is 32.1. The number of nitrogens with zero attached hydrogens (tertiary/aromatic N) is 4. The minimum atomic E-state index is -0.800. The van der Waals surface area contributed by atoms with Gasteiger partial charge in [0.25, 0.3) is 5.91 Å². The van der Waals surface area contributed by atoms with Crippen LogP contribution in [0.25, 0.3) is 16.4 Å². The highest BCUT2D eigenvalue weighted by Crippen LogP contribution is 2.27. The first kappa shape index (κ1) is 18.4. The van der Waals surface area contributed by atoms with Gasteiger partial charge < -0.3 is 10.0 Å². The average Bonchev–Trinajstić information content (AvgIpc) is 3.37. The first-order chi connectivity index (χ1) is 13.5. The Morgan fingerprint density at radius 1 is 1.18 bits per heavy atom. The van der Waals surface area contributed by atoms with Crippen molar-refractivity contribution in [2.75, 3.05) is 13.1 Å². The zero-order valence-electron chi connectivity index (χ0n) is 15.4. The van der Waals surface area contributed by atoms with Gasteiger partial charge in [-0.25, -0.2) is 9.67 Å². The number of carboxylic acids is 1. The monoisotopic (exact) mass is 396 g/mol. The zero-order chi connectivity index (χ0) is 19.7. The molecule has 3 aromatic rings. The Labute approximate surface area is 166 Å². The van der Waals surface area contributed by atoms with Crippen molar-refractivity contribution in [3.63, 3.8) is 0 Å². The van der Waals surface area contributed by atoms with E-state index in [0.717, 1.165) is 10.6 Å². The van der Waals surface area contributed by atoms with E-state index in [4.69, 9.17) is 0 Å². The number of aliphatic carboxylic acids is 1. The molecule has 0 spiro atoms. The van der Waals surface area contributed by atoms with Crippen LogP contribution in [0.2, 0.25) is 0 Å². The number of thiophene rings is 1. The highest BCUT2D eigenvalue weighted by Gasteiger charge is 2.34. The third kappa shape index (κ3) is 3.43. The first-order valence-electron chi connectivity index (χ1n) is 9.13. The molecular weight excluding hydrogens is 376 g/mol. The minimum absolute atomic E-state index is 0.108. The summed E-state index contributed by atoms with van der Waals surface area (Å²) in [6.45, 7) is 2.66. The van der Waals surface area contributed by atoms with E-state index in [1.54, 1.807) is 9.58 Å². The summed E-state index contributed by atoms with van der Waals surface area (Å²) >= 11 is 1.54. The van der Waals surface area contributed by atoms with Crippen LogP contribution in [0.3, 0.4) is 0 Å². The number of carboxylic acid groups (broad SMARTS) is 1. The normalized spacial score (nSPS) is 19.5. The molecule has 0 aliphatic carbocycles. The Kier molecular flexibility index (Phi) is 4.95. The fourth-order valence-electron chi connectivity index (χ4n) is 3.56. The summed E-state index contributed by atoms with van der Waals surface area (Å²) in [4.78, 5) is 31.5. The average molecular weight is 396 g/mol. The topological polar surface area (TPSA) is 88.3 Å². The lowest BCUT2D eigenvalue weighted by atomic mass is 9.87. The molecule has 1 N–H and O–H groups in total. The molecular formula is C20H20N4O3S. The number of carbonyl (C=O) groups excluding carboxylic acids is 1. The molecule has 2 unspecified atom stereocenters. The molecule has 0 bridgehead atoms. The molecule has 0 saturated carbocycles. The van der Waals surface area contributed by atoms with Crippen LogP contribution in [0, 0.1) is 11.8 Å². The van der Waals surface area contributed by atoms with Crippen molar-refractivity contribution in [3.05, 3.63) is 53.7 Å². The van der Waals surface area contributed by atoms with Crippen molar-refractivity contribution in [3.8, 4) is 16.4 Å². The number of likely N-dealkylation sites (tertiary alicyclic amines) is 1. The number of amides is 1. The maximum Gasteiger partial charge on any atom is 0.306 e. The predicted octanol–water partition coefficient (Wildman–Crippen LogP) is 3.18. The molecule has 28 heavy (non-hydrogen) atoms. The summed E-state index contributed by atoms with van der Waals surface area (Å²) in [5, 5.41) is 15.7. The van der Waals surface area contributed by atoms with E-state index in [0.29, 0.717) is 25.3 Å². The Hall–Kier alpha value is -3.00. The van der Waals surface area contributed by atoms with Crippen LogP contribution in [-0.2, 0) is 4.79 Å². The summed E-state index contributed by atoms with van der Waals surface area (Å²) in [6, 6.07) is 13.5. The van der Waals surface area contributed by atoms with E-state index in [2.05, 4.69) is 10.1 Å². The third-order valence-corrected chi connectivity index (χ3v) is 5.92. The molecule has 2 aromatic heterocycles. The van der Waals surface area contributed by atoms with Gasteiger partial charge in [-0.2, -0.15) is 0 Å². The summed E-state index contributed by atoms with van der Waals surface area (Å²) in [5.74, 6) is -0.829. The summed E-state index contributed by atoms with van der Waals surface area (Å²) < 4.78 is 1.69. The van der Waals surface area contributed by atoms with Gasteiger partial charge in [0.15, 0.2) is 5.82 Å². The minimum Gasteiger partial charge on any atom is -0.481 e. The van der Waals surface area contributed by atoms with E-state index in [-0.39, 0.29) is 17.6 Å². The summed E-state index contributed by atoms with van der Waals surface area (Å²) in [5.41, 5.74) is 0.829. The molecule has 3 heterocycles. The largest absolute Gasteiger partial charge is 0.481 e. The van der Waals surface area contributed by atoms with Crippen molar-refractivity contribution in [1.29, 1.82) is 0 Å². The number of carbonyl (C=O) groups is 2. The first-order valence-corrected chi connectivity index (χ1v) is 10.0. The van der Waals surface area contributed by atoms with Gasteiger partial charge in [-0.3, -0.25) is 9.59 Å². The molecule has 1 amide bonds. The molecule has 1 aliphatic rings. The molecule has 144 valence electrons. The van der Waals surface area contributed by atoms with Gasteiger partial charge in [-0.05, 0) is 35.9 Å². The maximum atomic E-state index is 13.0. The third-order valence-electron chi connectivity index (χ3n) is 5.05. The Balaban J connectivity index is 1.65. The molecule has 1 fully saturated rings. The van der Waals surface area contributed by atoms with Crippen LogP contribution in [0.1, 0.15) is 24.0 Å². The van der Waals surface area contributed by atoms with Gasteiger partial charge in [0.05, 0.1) is 16.5 Å². The van der Waals surface area contributed by atoms with Gasteiger partial charge in [0, 0.05) is 13.1 Å². The van der Waals surface area contributed by atoms with Crippen molar-refractivity contribution < 1.29 is 14.7 Å². The smallest absolute Gasteiger partial charge is 0.306 e. The summed E-state index contributed by atoms with van der Waals surface area (Å²) in [6.07, 6.45) is 0.444. The van der Waals surface area contributed by atoms with Crippen molar-refractivity contribution in [2.45, 2.75) is 13.3 Å². The second-order valence-corrected chi connectivity index (χ2v) is 7.89. The molecule has 1 saturated heterocycles. The molecule has 1 aromatic carbocycles. The lowest BCUT2D eigenvalue weighted by Gasteiger charge is -2.34. The number of benzene rings is 1. The lowest BCUT2D eigenvalue weighted by molar-refractivity contribution is -0.145. The van der Waals surface area contributed by atoms with E-state index < -0.39 is 11.9 Å². The van der Waals surface area contributed by atoms with Crippen molar-refractivity contribution in [1.82, 2.24) is 19.7 Å². The molecule has 7 nitrogen and oxygen atoms in total. The number of aromatic nitrogens is 3. The zero-order valence-corrected chi connectivity index (χ0v) is 16.2. The van der Waals surface area contributed by atoms with Crippen LogP contribution >= 0.6 is 11.3 Å². The Morgan fingerprint density at radius 3 is 2.61 bits per heavy atom. The maximum absolute atomic E-state index is 13.0. The number of hydrogen-bond acceptors (Lipinski definition) is 5. The lowest BCUT2D eigenvalue weighted by Crippen LogP contribution is -2.45. The van der Waals surface area contributed by atoms with Gasteiger partial charge in [0.2, 0.25) is 5.82 Å². The standard InChI is InChI=1S/C20H20N4O3S/c1-13-12-23(10-9-15(13)20(26)27)19(25)17-21-18(16-8-5-11-28-16)24(22-17)14-6-3-2-4-7-14/h2-8,11,13,15H,9-10,12H2,1H3,(H,26,27). The second kappa shape index (κ2) is 7.55. The number of rotatable bonds is 4. The van der Waals surface area contributed by atoms with Gasteiger partial charge in [0.1, 0.15) is 0 Å². The van der Waals surface area contributed by atoms with E-state index in [1.165, 1.54) is 11.3 Å². The molecule has 2 atom stereocenters. The molecule has 4 rings (SSSR count). The second-order valence-electron chi connectivity index (χ2n) is 6.95. The fourth-order valence-corrected chi connectivity index (χ4v) is 4.25.